The summed E-state index contributed by atoms with van der Waals surface area (Å²) in [7, 11) is 0. The van der Waals surface area contributed by atoms with E-state index in [1.54, 1.807) is 0 Å². The van der Waals surface area contributed by atoms with E-state index in [0.717, 1.165) is 21.3 Å². The van der Waals surface area contributed by atoms with Crippen LogP contribution in [0.15, 0.2) is 34.8 Å². The summed E-state index contributed by atoms with van der Waals surface area (Å²) >= 11 is 5.44. The first kappa shape index (κ1) is 15.4. The zero-order chi connectivity index (χ0) is 14.9. The number of anilines is 1. The van der Waals surface area contributed by atoms with Crippen molar-refractivity contribution in [2.24, 2.45) is 0 Å². The van der Waals surface area contributed by atoms with Gasteiger partial charge < -0.3 is 5.32 Å². The van der Waals surface area contributed by atoms with Crippen molar-refractivity contribution in [1.82, 2.24) is 0 Å². The fraction of sp³-hybridized carbons (Fsp3) is 0.133. The number of amides is 1. The van der Waals surface area contributed by atoms with Gasteiger partial charge in [0.1, 0.15) is 5.82 Å². The van der Waals surface area contributed by atoms with E-state index in [1.165, 1.54) is 18.2 Å². The maximum absolute atomic E-state index is 13.0. The second-order valence-electron chi connectivity index (χ2n) is 4.50. The molecule has 0 radical (unpaired) electrons. The molecule has 5 heteroatoms. The van der Waals surface area contributed by atoms with Gasteiger partial charge in [0.2, 0.25) is 0 Å². The molecule has 2 aromatic rings. The van der Waals surface area contributed by atoms with Crippen molar-refractivity contribution in [1.29, 1.82) is 0 Å². The molecule has 0 aliphatic rings. The standard InChI is InChI=1S/C15H12BrFINO/c1-8-5-11(6-9(2)14(8)16)19-15(20)12-4-3-10(17)7-13(12)18/h3-7H,1-2H3,(H,19,20). The van der Waals surface area contributed by atoms with Crippen molar-refractivity contribution >= 4 is 50.1 Å². The van der Waals surface area contributed by atoms with Gasteiger partial charge in [-0.25, -0.2) is 4.39 Å². The average molecular weight is 448 g/mol. The lowest BCUT2D eigenvalue weighted by Crippen LogP contribution is -2.14. The van der Waals surface area contributed by atoms with E-state index in [1.807, 2.05) is 48.6 Å². The average Bonchev–Trinajstić information content (AvgIpc) is 2.35. The predicted molar refractivity (Wildman–Crippen MR) is 90.7 cm³/mol. The van der Waals surface area contributed by atoms with E-state index in [-0.39, 0.29) is 11.7 Å². The zero-order valence-corrected chi connectivity index (χ0v) is 14.7. The van der Waals surface area contributed by atoms with Crippen LogP contribution in [0.25, 0.3) is 0 Å². The van der Waals surface area contributed by atoms with Crippen LogP contribution in [0.2, 0.25) is 0 Å². The van der Waals surface area contributed by atoms with Crippen LogP contribution in [-0.4, -0.2) is 5.91 Å². The summed E-state index contributed by atoms with van der Waals surface area (Å²) in [4.78, 5) is 12.2. The van der Waals surface area contributed by atoms with Gasteiger partial charge in [0, 0.05) is 13.7 Å². The Labute approximate surface area is 139 Å². The third-order valence-electron chi connectivity index (χ3n) is 2.87. The van der Waals surface area contributed by atoms with Gasteiger partial charge in [-0.15, -0.1) is 0 Å². The minimum absolute atomic E-state index is 0.240. The molecule has 104 valence electrons. The summed E-state index contributed by atoms with van der Waals surface area (Å²) in [6.07, 6.45) is 0. The van der Waals surface area contributed by atoms with E-state index in [0.29, 0.717) is 9.13 Å². The maximum Gasteiger partial charge on any atom is 0.256 e. The maximum atomic E-state index is 13.0. The number of carbonyl (C=O) groups excluding carboxylic acids is 1. The number of aryl methyl sites for hydroxylation is 2. The predicted octanol–water partition coefficient (Wildman–Crippen LogP) is 5.06. The molecule has 2 nitrogen and oxygen atoms in total. The molecule has 20 heavy (non-hydrogen) atoms. The molecule has 0 aromatic heterocycles. The van der Waals surface area contributed by atoms with Crippen LogP contribution >= 0.6 is 38.5 Å². The number of nitrogens with one attached hydrogen (secondary N) is 1. The van der Waals surface area contributed by atoms with Crippen LogP contribution in [0.5, 0.6) is 0 Å². The SMILES string of the molecule is Cc1cc(NC(=O)c2ccc(F)cc2I)cc(C)c1Br. The Morgan fingerprint density at radius 1 is 1.20 bits per heavy atom. The third-order valence-corrected chi connectivity index (χ3v) is 5.01. The highest BCUT2D eigenvalue weighted by molar-refractivity contribution is 14.1. The summed E-state index contributed by atoms with van der Waals surface area (Å²) in [5.41, 5.74) is 3.29. The van der Waals surface area contributed by atoms with Crippen LogP contribution in [0, 0.1) is 23.2 Å². The van der Waals surface area contributed by atoms with Gasteiger partial charge in [0.25, 0.3) is 5.91 Å². The van der Waals surface area contributed by atoms with E-state index >= 15 is 0 Å². The largest absolute Gasteiger partial charge is 0.322 e. The van der Waals surface area contributed by atoms with Gasteiger partial charge in [-0.1, -0.05) is 15.9 Å². The Hall–Kier alpha value is -0.950. The lowest BCUT2D eigenvalue weighted by atomic mass is 10.1. The van der Waals surface area contributed by atoms with Gasteiger partial charge in [0.15, 0.2) is 0 Å². The topological polar surface area (TPSA) is 29.1 Å². The first-order valence-electron chi connectivity index (χ1n) is 5.91. The molecule has 0 spiro atoms. The molecule has 2 rings (SSSR count). The molecule has 0 bridgehead atoms. The molecule has 0 saturated heterocycles. The molecule has 0 unspecified atom stereocenters. The number of hydrogen-bond donors (Lipinski definition) is 1. The summed E-state index contributed by atoms with van der Waals surface area (Å²) < 4.78 is 14.7. The molecule has 1 N–H and O–H groups in total. The third kappa shape index (κ3) is 3.38. The van der Waals surface area contributed by atoms with Crippen LogP contribution in [0.4, 0.5) is 10.1 Å². The first-order chi connectivity index (χ1) is 9.38. The molecule has 0 aliphatic carbocycles. The minimum Gasteiger partial charge on any atom is -0.322 e. The van der Waals surface area contributed by atoms with Gasteiger partial charge in [-0.2, -0.15) is 0 Å². The van der Waals surface area contributed by atoms with Gasteiger partial charge in [-0.05, 0) is 77.9 Å². The van der Waals surface area contributed by atoms with E-state index in [4.69, 9.17) is 0 Å². The number of benzene rings is 2. The fourth-order valence-corrected chi connectivity index (χ4v) is 2.84. The van der Waals surface area contributed by atoms with E-state index in [2.05, 4.69) is 21.2 Å². The van der Waals surface area contributed by atoms with Crippen molar-refractivity contribution in [3.8, 4) is 0 Å². The molecular weight excluding hydrogens is 436 g/mol. The monoisotopic (exact) mass is 447 g/mol. The van der Waals surface area contributed by atoms with E-state index in [9.17, 15) is 9.18 Å². The second kappa shape index (κ2) is 6.22. The normalized spacial score (nSPS) is 10.4. The van der Waals surface area contributed by atoms with Crippen LogP contribution in [0.3, 0.4) is 0 Å². The quantitative estimate of drug-likeness (QED) is 0.640. The highest BCUT2D eigenvalue weighted by atomic mass is 127. The Morgan fingerprint density at radius 2 is 1.80 bits per heavy atom. The molecule has 0 atom stereocenters. The Balaban J connectivity index is 2.28. The van der Waals surface area contributed by atoms with Crippen LogP contribution in [0.1, 0.15) is 21.5 Å². The zero-order valence-electron chi connectivity index (χ0n) is 10.9. The lowest BCUT2D eigenvalue weighted by molar-refractivity contribution is 0.102. The highest BCUT2D eigenvalue weighted by Crippen LogP contribution is 2.25. The minimum atomic E-state index is -0.346. The van der Waals surface area contributed by atoms with Gasteiger partial charge in [0.05, 0.1) is 5.56 Å². The Kier molecular flexibility index (Phi) is 4.80. The number of rotatable bonds is 2. The van der Waals surface area contributed by atoms with Gasteiger partial charge >= 0.3 is 0 Å². The lowest BCUT2D eigenvalue weighted by Gasteiger charge is -2.10. The molecular formula is C15H12BrFINO. The second-order valence-corrected chi connectivity index (χ2v) is 6.46. The molecule has 0 aliphatic heterocycles. The molecule has 1 amide bonds. The number of hydrogen-bond acceptors (Lipinski definition) is 1. The van der Waals surface area contributed by atoms with Crippen molar-refractivity contribution in [2.75, 3.05) is 5.32 Å². The fourth-order valence-electron chi connectivity index (χ4n) is 1.89. The molecule has 2 aromatic carbocycles. The number of carbonyl (C=O) groups is 1. The Bertz CT molecular complexity index is 665. The van der Waals surface area contributed by atoms with Crippen molar-refractivity contribution in [3.05, 3.63) is 60.9 Å². The summed E-state index contributed by atoms with van der Waals surface area (Å²) in [6.45, 7) is 3.93. The van der Waals surface area contributed by atoms with Crippen LogP contribution in [-0.2, 0) is 0 Å². The summed E-state index contributed by atoms with van der Waals surface area (Å²) in [6, 6.07) is 7.91. The van der Waals surface area contributed by atoms with E-state index < -0.39 is 0 Å². The van der Waals surface area contributed by atoms with Crippen molar-refractivity contribution < 1.29 is 9.18 Å². The smallest absolute Gasteiger partial charge is 0.256 e. The van der Waals surface area contributed by atoms with Gasteiger partial charge in [-0.3, -0.25) is 4.79 Å². The number of halogens is 3. The Morgan fingerprint density at radius 3 is 2.35 bits per heavy atom. The molecule has 0 heterocycles. The first-order valence-corrected chi connectivity index (χ1v) is 7.79. The van der Waals surface area contributed by atoms with Crippen molar-refractivity contribution in [2.45, 2.75) is 13.8 Å². The highest BCUT2D eigenvalue weighted by Gasteiger charge is 2.12. The van der Waals surface area contributed by atoms with Crippen molar-refractivity contribution in [3.63, 3.8) is 0 Å². The molecule has 0 saturated carbocycles. The summed E-state index contributed by atoms with van der Waals surface area (Å²) in [5.74, 6) is -0.586. The molecule has 0 fully saturated rings. The summed E-state index contributed by atoms with van der Waals surface area (Å²) in [5, 5.41) is 2.84. The van der Waals surface area contributed by atoms with Crippen LogP contribution < -0.4 is 5.32 Å².